The van der Waals surface area contributed by atoms with Gasteiger partial charge in [0.25, 0.3) is 0 Å². The van der Waals surface area contributed by atoms with Crippen LogP contribution in [0.1, 0.15) is 26.7 Å². The van der Waals surface area contributed by atoms with Gasteiger partial charge in [-0.15, -0.1) is 0 Å². The zero-order valence-electron chi connectivity index (χ0n) is 15.1. The first-order valence-electron chi connectivity index (χ1n) is 8.59. The van der Waals surface area contributed by atoms with Gasteiger partial charge in [0, 0.05) is 19.4 Å². The van der Waals surface area contributed by atoms with Gasteiger partial charge in [0.15, 0.2) is 0 Å². The lowest BCUT2D eigenvalue weighted by atomic mass is 9.87. The maximum atomic E-state index is 12.3. The van der Waals surface area contributed by atoms with Gasteiger partial charge in [-0.25, -0.2) is 9.59 Å². The third-order valence-electron chi connectivity index (χ3n) is 4.68. The largest absolute Gasteiger partial charge is 0.461 e. The molecule has 2 heterocycles. The maximum absolute atomic E-state index is 12.3. The Hall–Kier alpha value is -2.90. The van der Waals surface area contributed by atoms with Gasteiger partial charge < -0.3 is 18.9 Å². The minimum atomic E-state index is -0.788. The Morgan fingerprint density at radius 1 is 1.11 bits per heavy atom. The summed E-state index contributed by atoms with van der Waals surface area (Å²) < 4.78 is 21.1. The lowest BCUT2D eigenvalue weighted by Crippen LogP contribution is -2.28. The summed E-state index contributed by atoms with van der Waals surface area (Å²) in [6.07, 6.45) is 1.71. The first-order chi connectivity index (χ1) is 12.8. The summed E-state index contributed by atoms with van der Waals surface area (Å²) in [5, 5.41) is 0. The highest BCUT2D eigenvalue weighted by Gasteiger charge is 2.47. The number of ether oxygens (including phenoxy) is 4. The van der Waals surface area contributed by atoms with Crippen molar-refractivity contribution in [2.75, 3.05) is 6.61 Å². The summed E-state index contributed by atoms with van der Waals surface area (Å²) in [4.78, 5) is 47.0. The van der Waals surface area contributed by atoms with Crippen LogP contribution in [-0.2, 0) is 38.1 Å². The number of carbonyl (C=O) groups is 4. The zero-order valence-corrected chi connectivity index (χ0v) is 15.1. The Bertz CT molecular complexity index is 775. The van der Waals surface area contributed by atoms with Crippen molar-refractivity contribution in [2.24, 2.45) is 5.92 Å². The normalized spacial score (nSPS) is 29.8. The molecule has 2 bridgehead atoms. The van der Waals surface area contributed by atoms with Gasteiger partial charge in [-0.3, -0.25) is 9.59 Å². The minimum absolute atomic E-state index is 0.00783. The van der Waals surface area contributed by atoms with E-state index in [1.807, 2.05) is 0 Å². The molecular formula is C19H20O8. The second-order valence-electron chi connectivity index (χ2n) is 6.65. The second kappa shape index (κ2) is 7.38. The molecule has 144 valence electrons. The van der Waals surface area contributed by atoms with Crippen molar-refractivity contribution in [3.8, 4) is 0 Å². The number of carbonyl (C=O) groups excluding carboxylic acids is 4. The number of fused-ring (bicyclic) bond motifs is 3. The van der Waals surface area contributed by atoms with Crippen molar-refractivity contribution >= 4 is 23.9 Å². The molecule has 1 aliphatic carbocycles. The van der Waals surface area contributed by atoms with E-state index in [-0.39, 0.29) is 17.8 Å². The van der Waals surface area contributed by atoms with Gasteiger partial charge in [0.2, 0.25) is 0 Å². The Balaban J connectivity index is 1.97. The Kier molecular flexibility index (Phi) is 5.16. The lowest BCUT2D eigenvalue weighted by molar-refractivity contribution is -0.148. The standard InChI is InChI=1S/C19H20O8/c1-9-17-15(26-18(9)22)6-12(8-24-10(2)20)4-5-14(25-11(3)21)13-7-16(17)27-19(13)23/h6-7,14-17H,1,4-5,8H2,2-3H3. The minimum Gasteiger partial charge on any atom is -0.461 e. The topological polar surface area (TPSA) is 105 Å². The predicted molar refractivity (Wildman–Crippen MR) is 90.0 cm³/mol. The van der Waals surface area contributed by atoms with Crippen LogP contribution in [0.2, 0.25) is 0 Å². The van der Waals surface area contributed by atoms with Crippen LogP contribution in [0.3, 0.4) is 0 Å². The van der Waals surface area contributed by atoms with Crippen LogP contribution >= 0.6 is 0 Å². The van der Waals surface area contributed by atoms with Crippen LogP contribution in [-0.4, -0.2) is 48.8 Å². The summed E-state index contributed by atoms with van der Waals surface area (Å²) in [5.74, 6) is -2.73. The van der Waals surface area contributed by atoms with Gasteiger partial charge >= 0.3 is 23.9 Å². The fourth-order valence-electron chi connectivity index (χ4n) is 3.44. The van der Waals surface area contributed by atoms with Crippen LogP contribution in [0, 0.1) is 5.92 Å². The molecule has 3 rings (SSSR count). The molecule has 4 unspecified atom stereocenters. The molecule has 4 atom stereocenters. The highest BCUT2D eigenvalue weighted by Crippen LogP contribution is 2.38. The van der Waals surface area contributed by atoms with E-state index in [2.05, 4.69) is 6.58 Å². The second-order valence-corrected chi connectivity index (χ2v) is 6.65. The van der Waals surface area contributed by atoms with E-state index in [4.69, 9.17) is 18.9 Å². The Morgan fingerprint density at radius 3 is 2.44 bits per heavy atom. The molecule has 8 heteroatoms. The summed E-state index contributed by atoms with van der Waals surface area (Å²) in [6, 6.07) is 0. The van der Waals surface area contributed by atoms with E-state index in [1.165, 1.54) is 13.8 Å². The molecule has 0 saturated carbocycles. The van der Waals surface area contributed by atoms with Crippen LogP contribution in [0.25, 0.3) is 0 Å². The van der Waals surface area contributed by atoms with Gasteiger partial charge in [0.05, 0.1) is 11.5 Å². The highest BCUT2D eigenvalue weighted by molar-refractivity contribution is 5.94. The Labute approximate surface area is 155 Å². The molecule has 3 aliphatic rings. The molecule has 0 radical (unpaired) electrons. The fourth-order valence-corrected chi connectivity index (χ4v) is 3.44. The molecule has 1 fully saturated rings. The van der Waals surface area contributed by atoms with E-state index in [9.17, 15) is 19.2 Å². The molecule has 0 aromatic rings. The quantitative estimate of drug-likeness (QED) is 0.313. The molecule has 1 saturated heterocycles. The van der Waals surface area contributed by atoms with Crippen LogP contribution in [0.15, 0.2) is 35.5 Å². The highest BCUT2D eigenvalue weighted by atomic mass is 16.6. The summed E-state index contributed by atoms with van der Waals surface area (Å²) >= 11 is 0. The van der Waals surface area contributed by atoms with E-state index >= 15 is 0 Å². The summed E-state index contributed by atoms with van der Waals surface area (Å²) in [7, 11) is 0. The molecule has 8 nitrogen and oxygen atoms in total. The van der Waals surface area contributed by atoms with E-state index in [1.54, 1.807) is 12.2 Å². The van der Waals surface area contributed by atoms with Crippen molar-refractivity contribution in [3.63, 3.8) is 0 Å². The molecular weight excluding hydrogens is 356 g/mol. The molecule has 27 heavy (non-hydrogen) atoms. The molecule has 0 amide bonds. The van der Waals surface area contributed by atoms with E-state index in [0.29, 0.717) is 18.4 Å². The monoisotopic (exact) mass is 376 g/mol. The van der Waals surface area contributed by atoms with Crippen LogP contribution in [0.5, 0.6) is 0 Å². The zero-order chi connectivity index (χ0) is 19.7. The Morgan fingerprint density at radius 2 is 1.78 bits per heavy atom. The molecule has 0 aromatic carbocycles. The first kappa shape index (κ1) is 18.9. The average molecular weight is 376 g/mol. The molecule has 0 aromatic heterocycles. The lowest BCUT2D eigenvalue weighted by Gasteiger charge is -2.21. The van der Waals surface area contributed by atoms with Crippen LogP contribution in [0.4, 0.5) is 0 Å². The van der Waals surface area contributed by atoms with Crippen molar-refractivity contribution in [1.29, 1.82) is 0 Å². The van der Waals surface area contributed by atoms with Crippen molar-refractivity contribution in [2.45, 2.75) is 45.0 Å². The van der Waals surface area contributed by atoms with Gasteiger partial charge in [-0.1, -0.05) is 6.58 Å². The van der Waals surface area contributed by atoms with E-state index in [0.717, 1.165) is 0 Å². The van der Waals surface area contributed by atoms with E-state index < -0.39 is 48.1 Å². The maximum Gasteiger partial charge on any atom is 0.338 e. The average Bonchev–Trinajstić information content (AvgIpc) is 3.07. The van der Waals surface area contributed by atoms with Gasteiger partial charge in [-0.05, 0) is 30.6 Å². The first-order valence-corrected chi connectivity index (χ1v) is 8.59. The fraction of sp³-hybridized carbons (Fsp3) is 0.474. The third kappa shape index (κ3) is 3.94. The molecule has 0 N–H and O–H groups in total. The van der Waals surface area contributed by atoms with Crippen LogP contribution < -0.4 is 0 Å². The number of hydrogen-bond donors (Lipinski definition) is 0. The summed E-state index contributed by atoms with van der Waals surface area (Å²) in [6.45, 7) is 6.32. The molecule has 2 aliphatic heterocycles. The van der Waals surface area contributed by atoms with Crippen molar-refractivity contribution in [3.05, 3.63) is 35.5 Å². The SMILES string of the molecule is C=C1C(=O)OC2C=C(COC(C)=O)CCC(OC(C)=O)C3=CC(OC3=O)C12. The van der Waals surface area contributed by atoms with Crippen molar-refractivity contribution in [1.82, 2.24) is 0 Å². The number of hydrogen-bond acceptors (Lipinski definition) is 8. The number of esters is 4. The molecule has 0 spiro atoms. The number of rotatable bonds is 3. The van der Waals surface area contributed by atoms with Crippen molar-refractivity contribution < 1.29 is 38.1 Å². The van der Waals surface area contributed by atoms with Gasteiger partial charge in [-0.2, -0.15) is 0 Å². The summed E-state index contributed by atoms with van der Waals surface area (Å²) in [5.41, 5.74) is 1.12. The van der Waals surface area contributed by atoms with Gasteiger partial charge in [0.1, 0.15) is 24.9 Å². The predicted octanol–water partition coefficient (Wildman–Crippen LogP) is 1.15. The smallest absolute Gasteiger partial charge is 0.338 e. The third-order valence-corrected chi connectivity index (χ3v) is 4.68.